The molecule has 110 heavy (non-hydrogen) atoms. The number of ether oxygens (including phenoxy) is 4. The van der Waals surface area contributed by atoms with Gasteiger partial charge in [0.15, 0.2) is 12.2 Å². The van der Waals surface area contributed by atoms with Crippen LogP contribution in [0.2, 0.25) is 0 Å². The highest BCUT2D eigenvalue weighted by atomic mass is 31.2. The lowest BCUT2D eigenvalue weighted by Crippen LogP contribution is -2.30. The monoisotopic (exact) mass is 1570 g/mol. The van der Waals surface area contributed by atoms with Gasteiger partial charge in [-0.1, -0.05) is 285 Å². The molecule has 0 heterocycles. The lowest BCUT2D eigenvalue weighted by molar-refractivity contribution is -0.161. The molecule has 0 aromatic carbocycles. The van der Waals surface area contributed by atoms with Gasteiger partial charge in [0.25, 0.3) is 0 Å². The van der Waals surface area contributed by atoms with Crippen LogP contribution >= 0.6 is 15.6 Å². The molecule has 618 valence electrons. The molecule has 17 nitrogen and oxygen atoms in total. The lowest BCUT2D eigenvalue weighted by Gasteiger charge is -2.21. The largest absolute Gasteiger partial charge is 0.472 e. The molecule has 0 aromatic rings. The minimum absolute atomic E-state index is 0.0182. The molecule has 0 bridgehead atoms. The molecule has 0 spiro atoms. The minimum Gasteiger partial charge on any atom is -0.462 e. The van der Waals surface area contributed by atoms with Crippen molar-refractivity contribution in [2.24, 2.45) is 0 Å². The Bertz CT molecular complexity index is 2950. The van der Waals surface area contributed by atoms with E-state index in [1.54, 1.807) is 0 Å². The van der Waals surface area contributed by atoms with Gasteiger partial charge in [-0.2, -0.15) is 0 Å². The van der Waals surface area contributed by atoms with Gasteiger partial charge in [0.1, 0.15) is 19.3 Å². The fourth-order valence-electron chi connectivity index (χ4n) is 9.86. The number of esters is 4. The predicted molar refractivity (Wildman–Crippen MR) is 454 cm³/mol. The molecular formula is C91H142O17P2. The number of unbranched alkanes of at least 4 members (excludes halogenated alkanes) is 12. The van der Waals surface area contributed by atoms with Crippen LogP contribution in [-0.4, -0.2) is 96.7 Å². The summed E-state index contributed by atoms with van der Waals surface area (Å²) in [7, 11) is -10.0. The van der Waals surface area contributed by atoms with Gasteiger partial charge >= 0.3 is 39.5 Å². The zero-order valence-corrected chi connectivity index (χ0v) is 69.4. The first-order valence-corrected chi connectivity index (χ1v) is 44.0. The molecule has 0 aliphatic heterocycles. The molecule has 0 amide bonds. The second-order valence-corrected chi connectivity index (χ2v) is 29.1. The van der Waals surface area contributed by atoms with Crippen LogP contribution in [0.3, 0.4) is 0 Å². The lowest BCUT2D eigenvalue weighted by atomic mass is 10.1. The van der Waals surface area contributed by atoms with Gasteiger partial charge in [0.2, 0.25) is 0 Å². The summed E-state index contributed by atoms with van der Waals surface area (Å²) in [6.07, 6.45) is 102. The van der Waals surface area contributed by atoms with E-state index < -0.39 is 97.5 Å². The van der Waals surface area contributed by atoms with E-state index in [0.29, 0.717) is 32.1 Å². The first-order chi connectivity index (χ1) is 53.7. The van der Waals surface area contributed by atoms with E-state index >= 15 is 0 Å². The molecule has 0 saturated heterocycles. The number of rotatable bonds is 74. The predicted octanol–water partition coefficient (Wildman–Crippen LogP) is 24.4. The Morgan fingerprint density at radius 2 is 0.464 bits per heavy atom. The molecule has 5 atom stereocenters. The molecule has 0 radical (unpaired) electrons. The maximum atomic E-state index is 13.1. The number of allylic oxidation sites excluding steroid dienone is 36. The van der Waals surface area contributed by atoms with E-state index in [0.717, 1.165) is 186 Å². The van der Waals surface area contributed by atoms with Crippen molar-refractivity contribution < 1.29 is 80.2 Å². The Balaban J connectivity index is 5.55. The highest BCUT2D eigenvalue weighted by molar-refractivity contribution is 7.47. The molecule has 0 fully saturated rings. The smallest absolute Gasteiger partial charge is 0.462 e. The number of aliphatic hydroxyl groups excluding tert-OH is 1. The number of hydrogen-bond donors (Lipinski definition) is 3. The van der Waals surface area contributed by atoms with E-state index in [9.17, 15) is 43.2 Å². The normalized spacial score (nSPS) is 14.9. The number of carbonyl (C=O) groups excluding carboxylic acids is 4. The summed E-state index contributed by atoms with van der Waals surface area (Å²) >= 11 is 0. The van der Waals surface area contributed by atoms with Crippen molar-refractivity contribution >= 4 is 39.5 Å². The average molecular weight is 1570 g/mol. The highest BCUT2D eigenvalue weighted by Gasteiger charge is 2.30. The minimum atomic E-state index is -5.02. The van der Waals surface area contributed by atoms with Gasteiger partial charge in [0, 0.05) is 25.7 Å². The zero-order valence-electron chi connectivity index (χ0n) is 67.6. The first kappa shape index (κ1) is 103. The van der Waals surface area contributed by atoms with Crippen molar-refractivity contribution in [3.8, 4) is 0 Å². The van der Waals surface area contributed by atoms with Crippen LogP contribution in [0.25, 0.3) is 0 Å². The van der Waals surface area contributed by atoms with E-state index in [1.165, 1.54) is 0 Å². The van der Waals surface area contributed by atoms with Crippen molar-refractivity contribution in [1.29, 1.82) is 0 Å². The third kappa shape index (κ3) is 79.5. The summed E-state index contributed by atoms with van der Waals surface area (Å²) in [4.78, 5) is 73.1. The summed E-state index contributed by atoms with van der Waals surface area (Å²) < 4.78 is 68.6. The number of phosphoric ester groups is 2. The molecule has 0 aromatic heterocycles. The van der Waals surface area contributed by atoms with Gasteiger partial charge in [-0.05, 0) is 180 Å². The van der Waals surface area contributed by atoms with E-state index in [-0.39, 0.29) is 25.7 Å². The summed E-state index contributed by atoms with van der Waals surface area (Å²) in [6, 6.07) is 0. The van der Waals surface area contributed by atoms with Crippen molar-refractivity contribution in [3.05, 3.63) is 219 Å². The standard InChI is InChI=1S/C91H142O17P2/c1-5-9-13-17-21-25-29-33-37-40-42-45-49-52-56-60-64-68-72-76-89(94)102-82-87(108-91(96)78-74-70-66-62-58-54-50-46-43-41-38-34-30-26-22-18-14-10-6-2)84-106-110(99,100)104-80-85(92)79-103-109(97,98)105-83-86(107-90(95)77-73-69-65-61-57-53-47-36-32-28-24-20-16-12-8-4)81-101-88(93)75-71-67-63-59-55-51-48-44-39-35-31-27-23-19-15-11-7-3/h9-16,21-28,33-39,42-43,45-48,51-52,54,56,58,64,68,85-87,92H,5-8,17-20,29-32,40-41,44,49-50,53,55,57,59-63,65-67,69-84H2,1-4H3,(H,97,98)(H,99,100)/b13-9-,14-10-,15-11-,16-12-,25-21-,26-22-,27-23-,28-24-,37-33-,38-34-,39-35-,45-42-,46-43-,47-36-,51-48-,56-52-,58-54-,68-64-. The van der Waals surface area contributed by atoms with Crippen LogP contribution in [0.5, 0.6) is 0 Å². The van der Waals surface area contributed by atoms with Crippen LogP contribution in [0.4, 0.5) is 0 Å². The van der Waals surface area contributed by atoms with E-state index in [1.807, 2.05) is 18.2 Å². The Morgan fingerprint density at radius 3 is 0.745 bits per heavy atom. The summed E-state index contributed by atoms with van der Waals surface area (Å²) in [6.45, 7) is 4.22. The first-order valence-electron chi connectivity index (χ1n) is 41.0. The van der Waals surface area contributed by atoms with Gasteiger partial charge in [-0.3, -0.25) is 37.3 Å². The quantitative estimate of drug-likeness (QED) is 0.0169. The fraction of sp³-hybridized carbons (Fsp3) is 0.560. The molecule has 0 rings (SSSR count). The Hall–Kier alpha value is -6.62. The molecule has 0 aliphatic rings. The second kappa shape index (κ2) is 80.4. The number of aliphatic hydroxyl groups is 1. The maximum absolute atomic E-state index is 13.1. The summed E-state index contributed by atoms with van der Waals surface area (Å²) in [5, 5.41) is 10.7. The van der Waals surface area contributed by atoms with E-state index in [2.05, 4.69) is 228 Å². The van der Waals surface area contributed by atoms with Crippen LogP contribution < -0.4 is 0 Å². The molecule has 3 N–H and O–H groups in total. The van der Waals surface area contributed by atoms with E-state index in [4.69, 9.17) is 37.0 Å². The van der Waals surface area contributed by atoms with Crippen molar-refractivity contribution in [3.63, 3.8) is 0 Å². The molecule has 19 heteroatoms. The summed E-state index contributed by atoms with van der Waals surface area (Å²) in [5.74, 6) is -2.38. The average Bonchev–Trinajstić information content (AvgIpc) is 0.900. The molecule has 0 aliphatic carbocycles. The SMILES string of the molecule is CC/C=C\C/C=C\C/C=C\C/C=C\C/C=C\C/C=C\CCC(=O)OCC(COP(=O)(O)OCC(O)COP(=O)(O)OCC(COC(=O)CCCCCC/C=C\C/C=C\C/C=C\C/C=C\CC)OC(=O)CCCCCCC/C=C\C/C=C\C/C=C\CC)OC(=O)CCCCC/C=C\C/C=C\C/C=C\C/C=C\C/C=C\CC. The second-order valence-electron chi connectivity index (χ2n) is 26.2. The van der Waals surface area contributed by atoms with Gasteiger partial charge < -0.3 is 33.8 Å². The van der Waals surface area contributed by atoms with Crippen LogP contribution in [0.15, 0.2) is 219 Å². The third-order valence-corrected chi connectivity index (χ3v) is 17.8. The third-order valence-electron chi connectivity index (χ3n) is 15.9. The Kier molecular flexibility index (Phi) is 75.6. The Labute approximate surface area is 664 Å². The topological polar surface area (TPSA) is 237 Å². The highest BCUT2D eigenvalue weighted by Crippen LogP contribution is 2.45. The number of carbonyl (C=O) groups is 4. The maximum Gasteiger partial charge on any atom is 0.472 e. The fourth-order valence-corrected chi connectivity index (χ4v) is 11.4. The number of phosphoric acid groups is 2. The Morgan fingerprint density at radius 1 is 0.255 bits per heavy atom. The molecule has 0 saturated carbocycles. The molecule has 5 unspecified atom stereocenters. The van der Waals surface area contributed by atoms with Crippen LogP contribution in [0.1, 0.15) is 272 Å². The van der Waals surface area contributed by atoms with Gasteiger partial charge in [-0.15, -0.1) is 0 Å². The summed E-state index contributed by atoms with van der Waals surface area (Å²) in [5.41, 5.74) is 0. The number of hydrogen-bond acceptors (Lipinski definition) is 15. The van der Waals surface area contributed by atoms with Crippen molar-refractivity contribution in [2.75, 3.05) is 39.6 Å². The van der Waals surface area contributed by atoms with Gasteiger partial charge in [-0.25, -0.2) is 9.13 Å². The zero-order chi connectivity index (χ0) is 80.3. The van der Waals surface area contributed by atoms with Crippen LogP contribution in [-0.2, 0) is 65.4 Å². The van der Waals surface area contributed by atoms with Crippen LogP contribution in [0, 0.1) is 0 Å². The van der Waals surface area contributed by atoms with Crippen molar-refractivity contribution in [2.45, 2.75) is 290 Å². The van der Waals surface area contributed by atoms with Crippen molar-refractivity contribution in [1.82, 2.24) is 0 Å². The van der Waals surface area contributed by atoms with Gasteiger partial charge in [0.05, 0.1) is 26.4 Å². The molecular weight excluding hydrogens is 1430 g/mol.